The fourth-order valence-corrected chi connectivity index (χ4v) is 0.834. The monoisotopic (exact) mass is 177 g/mol. The Kier molecular flexibility index (Phi) is 4.85. The third-order valence-electron chi connectivity index (χ3n) is 1.31. The summed E-state index contributed by atoms with van der Waals surface area (Å²) in [6, 6.07) is 0. The average Bonchev–Trinajstić information content (AvgIpc) is 2.36. The van der Waals surface area contributed by atoms with Gasteiger partial charge in [0.1, 0.15) is 12.4 Å². The number of nitrogens with zero attached hydrogens (tertiary/aromatic N) is 2. The van der Waals surface area contributed by atoms with E-state index in [4.69, 9.17) is 10.8 Å². The van der Waals surface area contributed by atoms with Gasteiger partial charge >= 0.3 is 0 Å². The summed E-state index contributed by atoms with van der Waals surface area (Å²) in [5.41, 5.74) is 5.31. The van der Waals surface area contributed by atoms with E-state index in [0.29, 0.717) is 12.4 Å². The van der Waals surface area contributed by atoms with E-state index in [1.807, 2.05) is 4.57 Å². The highest BCUT2D eigenvalue weighted by Crippen LogP contribution is 1.95. The van der Waals surface area contributed by atoms with Crippen LogP contribution in [0.5, 0.6) is 0 Å². The van der Waals surface area contributed by atoms with Gasteiger partial charge in [-0.05, 0) is 0 Å². The maximum atomic E-state index is 8.71. The third-order valence-corrected chi connectivity index (χ3v) is 1.31. The molecular weight excluding hydrogens is 166 g/mol. The van der Waals surface area contributed by atoms with Gasteiger partial charge in [-0.1, -0.05) is 0 Å². The maximum absolute atomic E-state index is 8.71. The van der Waals surface area contributed by atoms with Gasteiger partial charge in [0.2, 0.25) is 0 Å². The summed E-state index contributed by atoms with van der Waals surface area (Å²) >= 11 is 0. The fraction of sp³-hybridized carbons (Fsp3) is 0.500. The van der Waals surface area contributed by atoms with Crippen LogP contribution in [0.4, 0.5) is 0 Å². The Bertz CT molecular complexity index is 201. The average molecular weight is 178 g/mol. The molecule has 0 saturated carbocycles. The van der Waals surface area contributed by atoms with Crippen LogP contribution in [0.25, 0.3) is 0 Å². The zero-order chi connectivity index (χ0) is 7.40. The van der Waals surface area contributed by atoms with Crippen molar-refractivity contribution < 1.29 is 5.11 Å². The standard InChI is InChI=1S/C6H11N3O.ClH/c7-1-3-9-4-2-8-6(9)5-10;/h2,4,10H,1,3,5,7H2;1H. The lowest BCUT2D eigenvalue weighted by Crippen LogP contribution is -2.11. The van der Waals surface area contributed by atoms with E-state index in [1.165, 1.54) is 0 Å². The van der Waals surface area contributed by atoms with E-state index in [2.05, 4.69) is 4.98 Å². The van der Waals surface area contributed by atoms with E-state index in [-0.39, 0.29) is 19.0 Å². The Morgan fingerprint density at radius 3 is 2.91 bits per heavy atom. The highest BCUT2D eigenvalue weighted by atomic mass is 35.5. The number of rotatable bonds is 3. The number of nitrogens with two attached hydrogens (primary N) is 1. The van der Waals surface area contributed by atoms with Crippen molar-refractivity contribution in [2.45, 2.75) is 13.2 Å². The molecule has 0 aromatic carbocycles. The molecule has 1 heterocycles. The first-order valence-electron chi connectivity index (χ1n) is 3.19. The van der Waals surface area contributed by atoms with E-state index in [0.717, 1.165) is 6.54 Å². The lowest BCUT2D eigenvalue weighted by molar-refractivity contribution is 0.265. The van der Waals surface area contributed by atoms with Crippen molar-refractivity contribution in [3.8, 4) is 0 Å². The zero-order valence-electron chi connectivity index (χ0n) is 6.10. The molecule has 0 saturated heterocycles. The Morgan fingerprint density at radius 2 is 2.36 bits per heavy atom. The van der Waals surface area contributed by atoms with E-state index >= 15 is 0 Å². The summed E-state index contributed by atoms with van der Waals surface area (Å²) in [4.78, 5) is 3.91. The van der Waals surface area contributed by atoms with Crippen LogP contribution in [0.1, 0.15) is 5.82 Å². The molecule has 11 heavy (non-hydrogen) atoms. The van der Waals surface area contributed by atoms with E-state index in [9.17, 15) is 0 Å². The van der Waals surface area contributed by atoms with Crippen LogP contribution < -0.4 is 5.73 Å². The van der Waals surface area contributed by atoms with Crippen molar-refractivity contribution in [2.75, 3.05) is 6.54 Å². The normalized spacial score (nSPS) is 9.27. The third kappa shape index (κ3) is 2.49. The Morgan fingerprint density at radius 1 is 1.64 bits per heavy atom. The molecule has 0 aliphatic carbocycles. The second kappa shape index (κ2) is 5.12. The molecule has 1 rings (SSSR count). The van der Waals surface area contributed by atoms with Crippen LogP contribution in [-0.4, -0.2) is 21.2 Å². The Hall–Kier alpha value is -0.580. The molecular formula is C6H12ClN3O. The molecule has 0 unspecified atom stereocenters. The number of aliphatic hydroxyl groups is 1. The molecule has 0 radical (unpaired) electrons. The van der Waals surface area contributed by atoms with Gasteiger partial charge in [0.25, 0.3) is 0 Å². The summed E-state index contributed by atoms with van der Waals surface area (Å²) in [7, 11) is 0. The molecule has 0 spiro atoms. The predicted octanol–water partition coefficient (Wildman–Crippen LogP) is -0.244. The minimum absolute atomic E-state index is 0. The smallest absolute Gasteiger partial charge is 0.134 e. The largest absolute Gasteiger partial charge is 0.388 e. The molecule has 1 aromatic heterocycles. The van der Waals surface area contributed by atoms with Crippen molar-refractivity contribution >= 4 is 12.4 Å². The number of hydrogen-bond acceptors (Lipinski definition) is 3. The quantitative estimate of drug-likeness (QED) is 0.670. The van der Waals surface area contributed by atoms with Gasteiger partial charge in [-0.25, -0.2) is 4.98 Å². The number of aliphatic hydroxyl groups excluding tert-OH is 1. The van der Waals surface area contributed by atoms with Gasteiger partial charge in [0.05, 0.1) is 0 Å². The SMILES string of the molecule is Cl.NCCn1ccnc1CO. The van der Waals surface area contributed by atoms with Crippen LogP contribution in [0.15, 0.2) is 12.4 Å². The molecule has 3 N–H and O–H groups in total. The Labute approximate surface area is 71.5 Å². The highest BCUT2D eigenvalue weighted by molar-refractivity contribution is 5.85. The van der Waals surface area contributed by atoms with Gasteiger partial charge in [0, 0.05) is 25.5 Å². The Balaban J connectivity index is 0.000001000. The highest BCUT2D eigenvalue weighted by Gasteiger charge is 1.97. The minimum atomic E-state index is -0.0208. The first-order valence-corrected chi connectivity index (χ1v) is 3.19. The van der Waals surface area contributed by atoms with Crippen molar-refractivity contribution in [1.29, 1.82) is 0 Å². The second-order valence-corrected chi connectivity index (χ2v) is 1.98. The van der Waals surface area contributed by atoms with Crippen molar-refractivity contribution in [3.63, 3.8) is 0 Å². The number of halogens is 1. The molecule has 0 bridgehead atoms. The molecule has 4 nitrogen and oxygen atoms in total. The van der Waals surface area contributed by atoms with Gasteiger partial charge < -0.3 is 15.4 Å². The summed E-state index contributed by atoms with van der Waals surface area (Å²) in [5, 5.41) is 8.71. The topological polar surface area (TPSA) is 64.1 Å². The molecule has 5 heteroatoms. The summed E-state index contributed by atoms with van der Waals surface area (Å²) in [6.07, 6.45) is 3.46. The van der Waals surface area contributed by atoms with E-state index < -0.39 is 0 Å². The molecule has 1 aromatic rings. The van der Waals surface area contributed by atoms with Crippen LogP contribution in [-0.2, 0) is 13.2 Å². The molecule has 0 fully saturated rings. The van der Waals surface area contributed by atoms with Crippen molar-refractivity contribution in [3.05, 3.63) is 18.2 Å². The first-order chi connectivity index (χ1) is 4.88. The molecule has 0 amide bonds. The summed E-state index contributed by atoms with van der Waals surface area (Å²) in [6.45, 7) is 1.27. The number of aromatic nitrogens is 2. The minimum Gasteiger partial charge on any atom is -0.388 e. The van der Waals surface area contributed by atoms with Gasteiger partial charge in [-0.3, -0.25) is 0 Å². The van der Waals surface area contributed by atoms with Crippen LogP contribution in [0, 0.1) is 0 Å². The van der Waals surface area contributed by atoms with Gasteiger partial charge in [-0.2, -0.15) is 0 Å². The molecule has 0 atom stereocenters. The van der Waals surface area contributed by atoms with Crippen LogP contribution in [0.3, 0.4) is 0 Å². The van der Waals surface area contributed by atoms with Crippen molar-refractivity contribution in [2.24, 2.45) is 5.73 Å². The first kappa shape index (κ1) is 10.4. The van der Waals surface area contributed by atoms with Gasteiger partial charge in [0.15, 0.2) is 0 Å². The zero-order valence-corrected chi connectivity index (χ0v) is 6.92. The maximum Gasteiger partial charge on any atom is 0.134 e. The molecule has 0 aliphatic rings. The van der Waals surface area contributed by atoms with Crippen LogP contribution >= 0.6 is 12.4 Å². The summed E-state index contributed by atoms with van der Waals surface area (Å²) in [5.74, 6) is 0.672. The summed E-state index contributed by atoms with van der Waals surface area (Å²) < 4.78 is 1.83. The molecule has 0 aliphatic heterocycles. The number of imidazole rings is 1. The fourth-order valence-electron chi connectivity index (χ4n) is 0.834. The van der Waals surface area contributed by atoms with Gasteiger partial charge in [-0.15, -0.1) is 12.4 Å². The van der Waals surface area contributed by atoms with E-state index in [1.54, 1.807) is 12.4 Å². The predicted molar refractivity (Wildman–Crippen MR) is 44.5 cm³/mol. The molecule has 64 valence electrons. The second-order valence-electron chi connectivity index (χ2n) is 1.98. The van der Waals surface area contributed by atoms with Crippen LogP contribution in [0.2, 0.25) is 0 Å². The lowest BCUT2D eigenvalue weighted by Gasteiger charge is -2.01. The van der Waals surface area contributed by atoms with Crippen molar-refractivity contribution in [1.82, 2.24) is 9.55 Å². The number of hydrogen-bond donors (Lipinski definition) is 2. The lowest BCUT2D eigenvalue weighted by atomic mass is 10.5.